The van der Waals surface area contributed by atoms with Gasteiger partial charge in [0.2, 0.25) is 5.95 Å². The summed E-state index contributed by atoms with van der Waals surface area (Å²) in [5.74, 6) is 1.55. The average Bonchev–Trinajstić information content (AvgIpc) is 2.97. The van der Waals surface area contributed by atoms with Gasteiger partial charge in [-0.25, -0.2) is 4.98 Å². The molecule has 2 heterocycles. The molecule has 0 radical (unpaired) electrons. The van der Waals surface area contributed by atoms with E-state index in [0.717, 1.165) is 29.7 Å². The van der Waals surface area contributed by atoms with E-state index in [4.69, 9.17) is 0 Å². The highest BCUT2D eigenvalue weighted by Gasteiger charge is 2.22. The zero-order valence-corrected chi connectivity index (χ0v) is 14.4. The van der Waals surface area contributed by atoms with E-state index in [0.29, 0.717) is 12.0 Å². The van der Waals surface area contributed by atoms with Gasteiger partial charge in [0.1, 0.15) is 5.82 Å². The first-order valence-corrected chi connectivity index (χ1v) is 9.04. The lowest BCUT2D eigenvalue weighted by Crippen LogP contribution is -2.17. The van der Waals surface area contributed by atoms with Crippen LogP contribution in [0.3, 0.4) is 0 Å². The fourth-order valence-electron chi connectivity index (χ4n) is 2.59. The van der Waals surface area contributed by atoms with Gasteiger partial charge in [-0.05, 0) is 58.6 Å². The number of hydrogen-bond donors (Lipinski definition) is 2. The smallest absolute Gasteiger partial charge is 0.224 e. The predicted molar refractivity (Wildman–Crippen MR) is 92.1 cm³/mol. The maximum atomic E-state index is 4.58. The molecule has 0 fully saturated rings. The lowest BCUT2D eigenvalue weighted by atomic mass is 9.94. The van der Waals surface area contributed by atoms with E-state index in [2.05, 4.69) is 54.9 Å². The van der Waals surface area contributed by atoms with Crippen LogP contribution in [0.15, 0.2) is 22.1 Å². The molecule has 1 aliphatic rings. The van der Waals surface area contributed by atoms with Gasteiger partial charge in [0, 0.05) is 17.6 Å². The molecule has 0 amide bonds. The Labute approximate surface area is 137 Å². The Balaban J connectivity index is 1.79. The molecule has 0 spiro atoms. The minimum absolute atomic E-state index is 0.352. The lowest BCUT2D eigenvalue weighted by Gasteiger charge is -2.24. The van der Waals surface area contributed by atoms with Gasteiger partial charge in [-0.2, -0.15) is 4.98 Å². The first kappa shape index (κ1) is 14.8. The zero-order chi connectivity index (χ0) is 14.7. The molecule has 2 aromatic rings. The standard InChI is InChI=1S/C15H19BrN4S/c1-2-7-17-15-18-9-11(16)14(20-15)19-12-4-3-5-13-10(12)6-8-21-13/h6,8-9,12H,2-5,7H2,1H3,(H2,17,18,19,20). The van der Waals surface area contributed by atoms with Crippen LogP contribution in [-0.2, 0) is 6.42 Å². The second-order valence-corrected chi connectivity index (χ2v) is 7.06. The van der Waals surface area contributed by atoms with E-state index < -0.39 is 0 Å². The number of thiophene rings is 1. The van der Waals surface area contributed by atoms with Crippen molar-refractivity contribution in [3.8, 4) is 0 Å². The van der Waals surface area contributed by atoms with E-state index in [-0.39, 0.29) is 0 Å². The normalized spacial score (nSPS) is 17.3. The quantitative estimate of drug-likeness (QED) is 0.810. The summed E-state index contributed by atoms with van der Waals surface area (Å²) in [6.07, 6.45) is 6.46. The Bertz CT molecular complexity index is 613. The van der Waals surface area contributed by atoms with Crippen molar-refractivity contribution in [1.29, 1.82) is 0 Å². The molecule has 0 saturated heterocycles. The Morgan fingerprint density at radius 3 is 3.24 bits per heavy atom. The summed E-state index contributed by atoms with van der Waals surface area (Å²) in [6.45, 7) is 3.02. The number of aromatic nitrogens is 2. The molecule has 0 bridgehead atoms. The molecule has 6 heteroatoms. The summed E-state index contributed by atoms with van der Waals surface area (Å²) in [7, 11) is 0. The SMILES string of the molecule is CCCNc1ncc(Br)c(NC2CCCc3sccc32)n1. The van der Waals surface area contributed by atoms with E-state index in [9.17, 15) is 0 Å². The van der Waals surface area contributed by atoms with Crippen molar-refractivity contribution in [3.05, 3.63) is 32.6 Å². The first-order valence-electron chi connectivity index (χ1n) is 7.37. The summed E-state index contributed by atoms with van der Waals surface area (Å²) in [6, 6.07) is 2.59. The van der Waals surface area contributed by atoms with Crippen LogP contribution in [0.4, 0.5) is 11.8 Å². The average molecular weight is 367 g/mol. The summed E-state index contributed by atoms with van der Waals surface area (Å²) in [5, 5.41) is 9.00. The fourth-order valence-corrected chi connectivity index (χ4v) is 3.88. The topological polar surface area (TPSA) is 49.8 Å². The van der Waals surface area contributed by atoms with Gasteiger partial charge in [0.05, 0.1) is 10.5 Å². The first-order chi connectivity index (χ1) is 10.3. The molecule has 3 rings (SSSR count). The number of aryl methyl sites for hydroxylation is 1. The molecule has 21 heavy (non-hydrogen) atoms. The van der Waals surface area contributed by atoms with E-state index >= 15 is 0 Å². The molecule has 2 N–H and O–H groups in total. The highest BCUT2D eigenvalue weighted by molar-refractivity contribution is 9.10. The molecule has 0 saturated carbocycles. The summed E-state index contributed by atoms with van der Waals surface area (Å²) >= 11 is 5.40. The van der Waals surface area contributed by atoms with Crippen molar-refractivity contribution >= 4 is 39.0 Å². The number of hydrogen-bond acceptors (Lipinski definition) is 5. The molecular weight excluding hydrogens is 348 g/mol. The Morgan fingerprint density at radius 2 is 2.38 bits per heavy atom. The van der Waals surface area contributed by atoms with Gasteiger partial charge < -0.3 is 10.6 Å². The highest BCUT2D eigenvalue weighted by atomic mass is 79.9. The largest absolute Gasteiger partial charge is 0.362 e. The fraction of sp³-hybridized carbons (Fsp3) is 0.467. The van der Waals surface area contributed by atoms with Gasteiger partial charge in [-0.1, -0.05) is 6.92 Å². The summed E-state index contributed by atoms with van der Waals surface area (Å²) in [5.41, 5.74) is 1.43. The number of fused-ring (bicyclic) bond motifs is 1. The molecule has 1 unspecified atom stereocenters. The lowest BCUT2D eigenvalue weighted by molar-refractivity contribution is 0.606. The van der Waals surface area contributed by atoms with Crippen molar-refractivity contribution in [2.45, 2.75) is 38.6 Å². The molecule has 4 nitrogen and oxygen atoms in total. The van der Waals surface area contributed by atoms with Crippen molar-refractivity contribution in [1.82, 2.24) is 9.97 Å². The van der Waals surface area contributed by atoms with Gasteiger partial charge in [-0.15, -0.1) is 11.3 Å². The second-order valence-electron chi connectivity index (χ2n) is 5.21. The van der Waals surface area contributed by atoms with Crippen LogP contribution < -0.4 is 10.6 Å². The molecule has 112 valence electrons. The third-order valence-corrected chi connectivity index (χ3v) is 5.22. The molecular formula is C15H19BrN4S. The number of halogens is 1. The molecule has 0 aromatic carbocycles. The Kier molecular flexibility index (Phi) is 4.75. The van der Waals surface area contributed by atoms with Crippen molar-refractivity contribution < 1.29 is 0 Å². The van der Waals surface area contributed by atoms with Crippen molar-refractivity contribution in [3.63, 3.8) is 0 Å². The molecule has 1 atom stereocenters. The van der Waals surface area contributed by atoms with Crippen LogP contribution in [0.1, 0.15) is 42.7 Å². The van der Waals surface area contributed by atoms with Crippen LogP contribution in [0.5, 0.6) is 0 Å². The van der Waals surface area contributed by atoms with E-state index in [1.54, 1.807) is 0 Å². The number of anilines is 2. The number of rotatable bonds is 5. The maximum absolute atomic E-state index is 4.58. The highest BCUT2D eigenvalue weighted by Crippen LogP contribution is 2.36. The van der Waals surface area contributed by atoms with Crippen LogP contribution in [0, 0.1) is 0 Å². The van der Waals surface area contributed by atoms with Crippen LogP contribution in [0.2, 0.25) is 0 Å². The van der Waals surface area contributed by atoms with Gasteiger partial charge in [-0.3, -0.25) is 0 Å². The third kappa shape index (κ3) is 3.37. The zero-order valence-electron chi connectivity index (χ0n) is 12.0. The monoisotopic (exact) mass is 366 g/mol. The maximum Gasteiger partial charge on any atom is 0.224 e. The predicted octanol–water partition coefficient (Wildman–Crippen LogP) is 4.61. The minimum atomic E-state index is 0.352. The van der Waals surface area contributed by atoms with Gasteiger partial charge in [0.25, 0.3) is 0 Å². The molecule has 2 aromatic heterocycles. The van der Waals surface area contributed by atoms with Crippen LogP contribution in [-0.4, -0.2) is 16.5 Å². The third-order valence-electron chi connectivity index (χ3n) is 3.64. The van der Waals surface area contributed by atoms with Crippen LogP contribution in [0.25, 0.3) is 0 Å². The minimum Gasteiger partial charge on any atom is -0.362 e. The van der Waals surface area contributed by atoms with Crippen molar-refractivity contribution in [2.24, 2.45) is 0 Å². The van der Waals surface area contributed by atoms with Crippen molar-refractivity contribution in [2.75, 3.05) is 17.2 Å². The van der Waals surface area contributed by atoms with Gasteiger partial charge >= 0.3 is 0 Å². The number of nitrogens with zero attached hydrogens (tertiary/aromatic N) is 2. The Hall–Kier alpha value is -1.14. The van der Waals surface area contributed by atoms with E-state index in [1.165, 1.54) is 23.3 Å². The van der Waals surface area contributed by atoms with Crippen LogP contribution >= 0.6 is 27.3 Å². The summed E-state index contributed by atoms with van der Waals surface area (Å²) < 4.78 is 0.909. The summed E-state index contributed by atoms with van der Waals surface area (Å²) in [4.78, 5) is 10.4. The number of nitrogens with one attached hydrogen (secondary N) is 2. The van der Waals surface area contributed by atoms with Gasteiger partial charge in [0.15, 0.2) is 0 Å². The Morgan fingerprint density at radius 1 is 1.48 bits per heavy atom. The second kappa shape index (κ2) is 6.75. The molecule has 0 aliphatic heterocycles. The van der Waals surface area contributed by atoms with E-state index in [1.807, 2.05) is 17.5 Å². The molecule has 1 aliphatic carbocycles.